The van der Waals surface area contributed by atoms with Crippen LogP contribution in [0.1, 0.15) is 19.4 Å². The number of rotatable bonds is 6. The van der Waals surface area contributed by atoms with Crippen LogP contribution in [0.15, 0.2) is 48.5 Å². The van der Waals surface area contributed by atoms with Crippen molar-refractivity contribution in [3.8, 4) is 5.75 Å². The van der Waals surface area contributed by atoms with Crippen molar-refractivity contribution < 1.29 is 18.7 Å². The van der Waals surface area contributed by atoms with Crippen molar-refractivity contribution in [1.82, 2.24) is 5.32 Å². The third-order valence-corrected chi connectivity index (χ3v) is 3.85. The van der Waals surface area contributed by atoms with Crippen LogP contribution in [0, 0.1) is 11.2 Å². The number of methoxy groups -OCH3 is 1. The number of benzene rings is 2. The van der Waals surface area contributed by atoms with E-state index in [0.29, 0.717) is 11.4 Å². The number of hydrogen-bond acceptors (Lipinski definition) is 3. The van der Waals surface area contributed by atoms with Crippen LogP contribution < -0.4 is 15.4 Å². The van der Waals surface area contributed by atoms with Crippen molar-refractivity contribution in [2.45, 2.75) is 20.4 Å². The van der Waals surface area contributed by atoms with Gasteiger partial charge in [0.1, 0.15) is 17.0 Å². The normalized spacial score (nSPS) is 10.9. The van der Waals surface area contributed by atoms with Crippen molar-refractivity contribution in [2.24, 2.45) is 5.41 Å². The Kier molecular flexibility index (Phi) is 5.75. The number of nitrogens with one attached hydrogen (secondary N) is 2. The lowest BCUT2D eigenvalue weighted by atomic mass is 9.90. The molecule has 132 valence electrons. The second-order valence-corrected chi connectivity index (χ2v) is 6.08. The van der Waals surface area contributed by atoms with Gasteiger partial charge in [-0.15, -0.1) is 0 Å². The highest BCUT2D eigenvalue weighted by molar-refractivity contribution is 6.09. The number of carbonyl (C=O) groups excluding carboxylic acids is 2. The van der Waals surface area contributed by atoms with E-state index in [-0.39, 0.29) is 6.54 Å². The Morgan fingerprint density at radius 2 is 1.80 bits per heavy atom. The van der Waals surface area contributed by atoms with Crippen LogP contribution in [0.2, 0.25) is 0 Å². The molecule has 2 rings (SSSR count). The smallest absolute Gasteiger partial charge is 0.239 e. The Balaban J connectivity index is 2.02. The van der Waals surface area contributed by atoms with Crippen LogP contribution in [0.4, 0.5) is 10.1 Å². The third kappa shape index (κ3) is 4.56. The average Bonchev–Trinajstić information content (AvgIpc) is 2.59. The summed E-state index contributed by atoms with van der Waals surface area (Å²) >= 11 is 0. The molecule has 2 aromatic rings. The summed E-state index contributed by atoms with van der Waals surface area (Å²) in [6, 6.07) is 12.8. The molecule has 25 heavy (non-hydrogen) atoms. The van der Waals surface area contributed by atoms with E-state index in [1.54, 1.807) is 19.2 Å². The SMILES string of the molecule is COc1ccccc1CNC(=O)C(C)(C)C(=O)Nc1cccc(F)c1. The zero-order valence-electron chi connectivity index (χ0n) is 14.4. The number of anilines is 1. The molecule has 2 aromatic carbocycles. The van der Waals surface area contributed by atoms with Crippen LogP contribution in [0.5, 0.6) is 5.75 Å². The molecule has 0 unspecified atom stereocenters. The first kappa shape index (κ1) is 18.4. The van der Waals surface area contributed by atoms with Crippen molar-refractivity contribution >= 4 is 17.5 Å². The molecule has 6 heteroatoms. The molecular formula is C19H21FN2O3. The number of halogens is 1. The molecule has 0 saturated heterocycles. The summed E-state index contributed by atoms with van der Waals surface area (Å²) in [5, 5.41) is 5.30. The van der Waals surface area contributed by atoms with E-state index in [1.807, 2.05) is 18.2 Å². The Bertz CT molecular complexity index is 775. The van der Waals surface area contributed by atoms with E-state index in [1.165, 1.54) is 32.0 Å². The van der Waals surface area contributed by atoms with Gasteiger partial charge in [-0.1, -0.05) is 24.3 Å². The first-order valence-electron chi connectivity index (χ1n) is 7.82. The summed E-state index contributed by atoms with van der Waals surface area (Å²) in [6.07, 6.45) is 0. The maximum atomic E-state index is 13.2. The van der Waals surface area contributed by atoms with Crippen LogP contribution in [0.3, 0.4) is 0 Å². The summed E-state index contributed by atoms with van der Waals surface area (Å²) in [5.74, 6) is -0.760. The van der Waals surface area contributed by atoms with Crippen molar-refractivity contribution in [2.75, 3.05) is 12.4 Å². The van der Waals surface area contributed by atoms with Crippen LogP contribution in [-0.2, 0) is 16.1 Å². The zero-order chi connectivity index (χ0) is 18.4. The number of amides is 2. The van der Waals surface area contributed by atoms with Gasteiger partial charge < -0.3 is 15.4 Å². The molecule has 0 radical (unpaired) electrons. The van der Waals surface area contributed by atoms with Gasteiger partial charge in [-0.25, -0.2) is 4.39 Å². The predicted molar refractivity (Wildman–Crippen MR) is 93.7 cm³/mol. The second kappa shape index (κ2) is 7.79. The highest BCUT2D eigenvalue weighted by Gasteiger charge is 2.36. The lowest BCUT2D eigenvalue weighted by molar-refractivity contribution is -0.138. The molecule has 0 atom stereocenters. The van der Waals surface area contributed by atoms with Gasteiger partial charge in [0.25, 0.3) is 0 Å². The van der Waals surface area contributed by atoms with Crippen molar-refractivity contribution in [3.63, 3.8) is 0 Å². The van der Waals surface area contributed by atoms with Crippen LogP contribution in [0.25, 0.3) is 0 Å². The van der Waals surface area contributed by atoms with Gasteiger partial charge in [0, 0.05) is 17.8 Å². The number of ether oxygens (including phenoxy) is 1. The molecule has 5 nitrogen and oxygen atoms in total. The lowest BCUT2D eigenvalue weighted by Crippen LogP contribution is -2.44. The number of para-hydroxylation sites is 1. The predicted octanol–water partition coefficient (Wildman–Crippen LogP) is 3.12. The fourth-order valence-electron chi connectivity index (χ4n) is 2.20. The summed E-state index contributed by atoms with van der Waals surface area (Å²) in [4.78, 5) is 24.9. The first-order chi connectivity index (χ1) is 11.8. The monoisotopic (exact) mass is 344 g/mol. The fraction of sp³-hybridized carbons (Fsp3) is 0.263. The van der Waals surface area contributed by atoms with E-state index in [9.17, 15) is 14.0 Å². The maximum Gasteiger partial charge on any atom is 0.239 e. The molecule has 0 bridgehead atoms. The van der Waals surface area contributed by atoms with E-state index < -0.39 is 23.0 Å². The Morgan fingerprint density at radius 1 is 1.08 bits per heavy atom. The van der Waals surface area contributed by atoms with E-state index >= 15 is 0 Å². The fourth-order valence-corrected chi connectivity index (χ4v) is 2.20. The summed E-state index contributed by atoms with van der Waals surface area (Å²) < 4.78 is 18.4. The second-order valence-electron chi connectivity index (χ2n) is 6.08. The molecule has 0 spiro atoms. The summed E-state index contributed by atoms with van der Waals surface area (Å²) in [5.41, 5.74) is -0.218. The Hall–Kier alpha value is -2.89. The van der Waals surface area contributed by atoms with E-state index in [0.717, 1.165) is 5.56 Å². The molecule has 2 N–H and O–H groups in total. The van der Waals surface area contributed by atoms with Gasteiger partial charge in [0.15, 0.2) is 0 Å². The van der Waals surface area contributed by atoms with Gasteiger partial charge in [-0.2, -0.15) is 0 Å². The van der Waals surface area contributed by atoms with Crippen LogP contribution in [-0.4, -0.2) is 18.9 Å². The number of hydrogen-bond donors (Lipinski definition) is 2. The molecule has 0 aliphatic carbocycles. The zero-order valence-corrected chi connectivity index (χ0v) is 14.4. The molecule has 2 amide bonds. The highest BCUT2D eigenvalue weighted by atomic mass is 19.1. The van der Waals surface area contributed by atoms with Crippen LogP contribution >= 0.6 is 0 Å². The molecule has 0 aliphatic rings. The van der Waals surface area contributed by atoms with Gasteiger partial charge in [-0.05, 0) is 38.1 Å². The standard InChI is InChI=1S/C19H21FN2O3/c1-19(2,18(24)22-15-9-6-8-14(20)11-15)17(23)21-12-13-7-4-5-10-16(13)25-3/h4-11H,12H2,1-3H3,(H,21,23)(H,22,24). The van der Waals surface area contributed by atoms with E-state index in [4.69, 9.17) is 4.74 Å². The van der Waals surface area contributed by atoms with E-state index in [2.05, 4.69) is 10.6 Å². The number of carbonyl (C=O) groups is 2. The lowest BCUT2D eigenvalue weighted by Gasteiger charge is -2.23. The van der Waals surface area contributed by atoms with Gasteiger partial charge >= 0.3 is 0 Å². The van der Waals surface area contributed by atoms with Crippen molar-refractivity contribution in [3.05, 3.63) is 59.9 Å². The topological polar surface area (TPSA) is 67.4 Å². The molecule has 0 aromatic heterocycles. The summed E-state index contributed by atoms with van der Waals surface area (Å²) in [7, 11) is 1.55. The minimum atomic E-state index is -1.33. The minimum Gasteiger partial charge on any atom is -0.496 e. The molecule has 0 aliphatic heterocycles. The van der Waals surface area contributed by atoms with Gasteiger partial charge in [0.2, 0.25) is 11.8 Å². The Labute approximate surface area is 146 Å². The molecule has 0 saturated carbocycles. The van der Waals surface area contributed by atoms with Gasteiger partial charge in [-0.3, -0.25) is 9.59 Å². The minimum absolute atomic E-state index is 0.236. The summed E-state index contributed by atoms with van der Waals surface area (Å²) in [6.45, 7) is 3.26. The quantitative estimate of drug-likeness (QED) is 0.791. The molecule has 0 heterocycles. The first-order valence-corrected chi connectivity index (χ1v) is 7.82. The third-order valence-electron chi connectivity index (χ3n) is 3.85. The van der Waals surface area contributed by atoms with Gasteiger partial charge in [0.05, 0.1) is 7.11 Å². The Morgan fingerprint density at radius 3 is 2.48 bits per heavy atom. The molecular weight excluding hydrogens is 323 g/mol. The highest BCUT2D eigenvalue weighted by Crippen LogP contribution is 2.21. The largest absolute Gasteiger partial charge is 0.496 e. The maximum absolute atomic E-state index is 13.2. The van der Waals surface area contributed by atoms with Crippen molar-refractivity contribution in [1.29, 1.82) is 0 Å². The molecule has 0 fully saturated rings. The average molecular weight is 344 g/mol.